The zero-order valence-electron chi connectivity index (χ0n) is 9.49. The van der Waals surface area contributed by atoms with E-state index < -0.39 is 5.97 Å². The summed E-state index contributed by atoms with van der Waals surface area (Å²) in [6.45, 7) is 4.88. The van der Waals surface area contributed by atoms with Gasteiger partial charge in [0.25, 0.3) is 0 Å². The minimum absolute atomic E-state index is 0.334. The van der Waals surface area contributed by atoms with E-state index in [4.69, 9.17) is 14.6 Å². The molecule has 0 aromatic heterocycles. The van der Waals surface area contributed by atoms with E-state index in [0.29, 0.717) is 26.4 Å². The van der Waals surface area contributed by atoms with Gasteiger partial charge in [0.1, 0.15) is 0 Å². The first-order valence-electron chi connectivity index (χ1n) is 5.18. The molecule has 0 aromatic carbocycles. The van der Waals surface area contributed by atoms with Crippen molar-refractivity contribution < 1.29 is 19.4 Å². The van der Waals surface area contributed by atoms with Crippen molar-refractivity contribution in [2.24, 2.45) is 5.92 Å². The molecule has 0 saturated carbocycles. The normalized spacial score (nSPS) is 12.7. The van der Waals surface area contributed by atoms with Crippen LogP contribution >= 0.6 is 0 Å². The lowest BCUT2D eigenvalue weighted by Crippen LogP contribution is -2.27. The van der Waals surface area contributed by atoms with E-state index in [-0.39, 0.29) is 5.92 Å². The molecule has 5 nitrogen and oxygen atoms in total. The molecule has 0 bridgehead atoms. The fourth-order valence-electron chi connectivity index (χ4n) is 0.949. The van der Waals surface area contributed by atoms with Crippen molar-refractivity contribution in [3.05, 3.63) is 0 Å². The standard InChI is InChI=1S/C10H21NO4/c1-9(10(12)13)8-11-4-3-5-15-7-6-14-2/h9,11H,3-8H2,1-2H3,(H,12,13). The van der Waals surface area contributed by atoms with E-state index in [0.717, 1.165) is 13.0 Å². The zero-order valence-corrected chi connectivity index (χ0v) is 9.49. The maximum absolute atomic E-state index is 10.5. The Hall–Kier alpha value is -0.650. The highest BCUT2D eigenvalue weighted by Crippen LogP contribution is 1.91. The van der Waals surface area contributed by atoms with Crippen LogP contribution in [0.4, 0.5) is 0 Å². The largest absolute Gasteiger partial charge is 0.481 e. The number of ether oxygens (including phenoxy) is 2. The minimum Gasteiger partial charge on any atom is -0.481 e. The highest BCUT2D eigenvalue weighted by molar-refractivity contribution is 5.69. The van der Waals surface area contributed by atoms with Gasteiger partial charge in [-0.25, -0.2) is 0 Å². The first-order chi connectivity index (χ1) is 7.18. The van der Waals surface area contributed by atoms with E-state index in [9.17, 15) is 4.79 Å². The molecule has 0 aromatic rings. The Kier molecular flexibility index (Phi) is 9.46. The number of methoxy groups -OCH3 is 1. The molecule has 0 fully saturated rings. The SMILES string of the molecule is COCCOCCCNCC(C)C(=O)O. The molecule has 0 spiro atoms. The van der Waals surface area contributed by atoms with Gasteiger partial charge in [0.05, 0.1) is 19.1 Å². The van der Waals surface area contributed by atoms with Gasteiger partial charge in [-0.05, 0) is 13.0 Å². The maximum atomic E-state index is 10.5. The third kappa shape index (κ3) is 9.65. The molecule has 5 heteroatoms. The second-order valence-electron chi connectivity index (χ2n) is 3.40. The topological polar surface area (TPSA) is 67.8 Å². The van der Waals surface area contributed by atoms with Crippen molar-refractivity contribution in [2.45, 2.75) is 13.3 Å². The van der Waals surface area contributed by atoms with Crippen LogP contribution in [0.2, 0.25) is 0 Å². The summed E-state index contributed by atoms with van der Waals surface area (Å²) in [4.78, 5) is 10.5. The molecular formula is C10H21NO4. The summed E-state index contributed by atoms with van der Waals surface area (Å²) < 4.78 is 10.1. The van der Waals surface area contributed by atoms with Gasteiger partial charge in [-0.3, -0.25) is 4.79 Å². The predicted molar refractivity (Wildman–Crippen MR) is 57.0 cm³/mol. The van der Waals surface area contributed by atoms with Crippen LogP contribution in [-0.2, 0) is 14.3 Å². The van der Waals surface area contributed by atoms with Gasteiger partial charge in [-0.2, -0.15) is 0 Å². The molecule has 1 atom stereocenters. The third-order valence-electron chi connectivity index (χ3n) is 1.95. The average Bonchev–Trinajstić information content (AvgIpc) is 2.21. The van der Waals surface area contributed by atoms with Gasteiger partial charge in [0.15, 0.2) is 0 Å². The van der Waals surface area contributed by atoms with Crippen molar-refractivity contribution in [2.75, 3.05) is 40.0 Å². The Balaban J connectivity index is 3.08. The molecule has 15 heavy (non-hydrogen) atoms. The maximum Gasteiger partial charge on any atom is 0.307 e. The molecule has 1 unspecified atom stereocenters. The van der Waals surface area contributed by atoms with Gasteiger partial charge in [-0.15, -0.1) is 0 Å². The number of nitrogens with one attached hydrogen (secondary N) is 1. The first-order valence-corrected chi connectivity index (χ1v) is 5.18. The first kappa shape index (κ1) is 14.3. The van der Waals surface area contributed by atoms with Crippen LogP contribution in [0.3, 0.4) is 0 Å². The van der Waals surface area contributed by atoms with Crippen LogP contribution in [-0.4, -0.2) is 51.1 Å². The van der Waals surface area contributed by atoms with Gasteiger partial charge in [0, 0.05) is 20.3 Å². The molecule has 0 aliphatic carbocycles. The number of aliphatic carboxylic acids is 1. The van der Waals surface area contributed by atoms with Crippen molar-refractivity contribution in [1.82, 2.24) is 5.32 Å². The summed E-state index contributed by atoms with van der Waals surface area (Å²) in [7, 11) is 1.64. The van der Waals surface area contributed by atoms with Gasteiger partial charge in [0.2, 0.25) is 0 Å². The summed E-state index contributed by atoms with van der Waals surface area (Å²) in [5, 5.41) is 11.7. The molecule has 0 aliphatic rings. The van der Waals surface area contributed by atoms with Crippen LogP contribution in [0.25, 0.3) is 0 Å². The molecule has 0 saturated heterocycles. The smallest absolute Gasteiger partial charge is 0.307 e. The average molecular weight is 219 g/mol. The Bertz CT molecular complexity index is 164. The molecule has 90 valence electrons. The van der Waals surface area contributed by atoms with Crippen LogP contribution < -0.4 is 5.32 Å². The third-order valence-corrected chi connectivity index (χ3v) is 1.95. The summed E-state index contributed by atoms with van der Waals surface area (Å²) in [5.41, 5.74) is 0. The zero-order chi connectivity index (χ0) is 11.5. The Labute approximate surface area is 90.8 Å². The van der Waals surface area contributed by atoms with Crippen LogP contribution in [0.1, 0.15) is 13.3 Å². The van der Waals surface area contributed by atoms with E-state index in [2.05, 4.69) is 5.32 Å². The molecule has 0 amide bonds. The lowest BCUT2D eigenvalue weighted by Gasteiger charge is -2.08. The van der Waals surface area contributed by atoms with E-state index in [1.165, 1.54) is 0 Å². The van der Waals surface area contributed by atoms with Gasteiger partial charge >= 0.3 is 5.97 Å². The van der Waals surface area contributed by atoms with Crippen LogP contribution in [0, 0.1) is 5.92 Å². The van der Waals surface area contributed by atoms with Crippen molar-refractivity contribution in [3.8, 4) is 0 Å². The number of carboxylic acid groups (broad SMARTS) is 1. The van der Waals surface area contributed by atoms with Crippen molar-refractivity contribution in [1.29, 1.82) is 0 Å². The molecular weight excluding hydrogens is 198 g/mol. The summed E-state index contributed by atoms with van der Waals surface area (Å²) in [6, 6.07) is 0. The van der Waals surface area contributed by atoms with Crippen LogP contribution in [0.5, 0.6) is 0 Å². The number of hydrogen-bond donors (Lipinski definition) is 2. The van der Waals surface area contributed by atoms with Crippen molar-refractivity contribution >= 4 is 5.97 Å². The summed E-state index contributed by atoms with van der Waals surface area (Å²) in [6.07, 6.45) is 0.885. The second-order valence-corrected chi connectivity index (χ2v) is 3.40. The minimum atomic E-state index is -0.765. The van der Waals surface area contributed by atoms with Gasteiger partial charge < -0.3 is 19.9 Å². The van der Waals surface area contributed by atoms with Crippen molar-refractivity contribution in [3.63, 3.8) is 0 Å². The predicted octanol–water partition coefficient (Wildman–Crippen LogP) is 0.350. The fourth-order valence-corrected chi connectivity index (χ4v) is 0.949. The highest BCUT2D eigenvalue weighted by atomic mass is 16.5. The fraction of sp³-hybridized carbons (Fsp3) is 0.900. The quantitative estimate of drug-likeness (QED) is 0.519. The van der Waals surface area contributed by atoms with E-state index in [1.54, 1.807) is 14.0 Å². The van der Waals surface area contributed by atoms with Gasteiger partial charge in [-0.1, -0.05) is 6.92 Å². The molecule has 2 N–H and O–H groups in total. The highest BCUT2D eigenvalue weighted by Gasteiger charge is 2.08. The Morgan fingerprint density at radius 3 is 2.73 bits per heavy atom. The molecule has 0 heterocycles. The molecule has 0 rings (SSSR count). The number of carbonyl (C=O) groups is 1. The number of carboxylic acids is 1. The van der Waals surface area contributed by atoms with E-state index in [1.807, 2.05) is 0 Å². The Morgan fingerprint density at radius 2 is 2.13 bits per heavy atom. The van der Waals surface area contributed by atoms with E-state index >= 15 is 0 Å². The summed E-state index contributed by atoms with van der Waals surface area (Å²) in [5.74, 6) is -1.10. The number of rotatable bonds is 10. The van der Waals surface area contributed by atoms with Crippen LogP contribution in [0.15, 0.2) is 0 Å². The lowest BCUT2D eigenvalue weighted by atomic mass is 10.2. The lowest BCUT2D eigenvalue weighted by molar-refractivity contribution is -0.140. The Morgan fingerprint density at radius 1 is 1.40 bits per heavy atom. The molecule has 0 radical (unpaired) electrons. The monoisotopic (exact) mass is 219 g/mol. The second kappa shape index (κ2) is 9.89. The summed E-state index contributed by atoms with van der Waals surface area (Å²) >= 11 is 0. The molecule has 0 aliphatic heterocycles. The number of hydrogen-bond acceptors (Lipinski definition) is 4.